The number of methoxy groups -OCH3 is 1. The van der Waals surface area contributed by atoms with Gasteiger partial charge in [0.1, 0.15) is 5.75 Å². The maximum Gasteiger partial charge on any atom is 0.320 e. The van der Waals surface area contributed by atoms with Gasteiger partial charge in [0.15, 0.2) is 5.82 Å². The van der Waals surface area contributed by atoms with E-state index >= 15 is 0 Å². The Kier molecular flexibility index (Phi) is 5.87. The van der Waals surface area contributed by atoms with Gasteiger partial charge in [0.05, 0.1) is 13.2 Å². The minimum absolute atomic E-state index is 0.160. The van der Waals surface area contributed by atoms with Gasteiger partial charge in [-0.05, 0) is 43.9 Å². The maximum atomic E-state index is 12.2. The van der Waals surface area contributed by atoms with Crippen LogP contribution in [0.2, 0.25) is 0 Å². The lowest BCUT2D eigenvalue weighted by molar-refractivity contribution is 0.244. The fourth-order valence-corrected chi connectivity index (χ4v) is 2.11. The van der Waals surface area contributed by atoms with E-state index in [1.54, 1.807) is 25.4 Å². The normalized spacial score (nSPS) is 11.8. The van der Waals surface area contributed by atoms with E-state index in [4.69, 9.17) is 4.74 Å². The molecule has 2 N–H and O–H groups in total. The second kappa shape index (κ2) is 8.09. The molecule has 2 amide bonds. The first-order valence-corrected chi connectivity index (χ1v) is 7.22. The summed E-state index contributed by atoms with van der Waals surface area (Å²) in [5.74, 6) is 1.18. The van der Waals surface area contributed by atoms with E-state index in [0.717, 1.165) is 11.3 Å². The largest absolute Gasteiger partial charge is 0.497 e. The molecule has 0 saturated heterocycles. The molecule has 1 aromatic heterocycles. The molecule has 0 saturated carbocycles. The fraction of sp³-hybridized carbons (Fsp3) is 0.312. The van der Waals surface area contributed by atoms with E-state index in [-0.39, 0.29) is 12.1 Å². The zero-order valence-electron chi connectivity index (χ0n) is 13.5. The van der Waals surface area contributed by atoms with Crippen molar-refractivity contribution in [2.45, 2.75) is 6.04 Å². The van der Waals surface area contributed by atoms with Crippen LogP contribution in [0.25, 0.3) is 0 Å². The van der Waals surface area contributed by atoms with E-state index in [9.17, 15) is 4.79 Å². The van der Waals surface area contributed by atoms with Crippen LogP contribution < -0.4 is 15.4 Å². The van der Waals surface area contributed by atoms with Crippen molar-refractivity contribution in [1.82, 2.24) is 20.4 Å². The third-order valence-electron chi connectivity index (χ3n) is 3.19. The first kappa shape index (κ1) is 16.7. The number of amides is 2. The number of carbonyl (C=O) groups is 1. The lowest BCUT2D eigenvalue weighted by Crippen LogP contribution is -2.38. The number of anilines is 1. The minimum Gasteiger partial charge on any atom is -0.497 e. The van der Waals surface area contributed by atoms with Crippen LogP contribution in [-0.2, 0) is 0 Å². The predicted octanol–water partition coefficient (Wildman–Crippen LogP) is 1.91. The molecule has 2 aromatic rings. The van der Waals surface area contributed by atoms with Crippen LogP contribution in [0.5, 0.6) is 5.75 Å². The van der Waals surface area contributed by atoms with Gasteiger partial charge in [-0.15, -0.1) is 5.10 Å². The van der Waals surface area contributed by atoms with Crippen molar-refractivity contribution >= 4 is 11.8 Å². The van der Waals surface area contributed by atoms with Gasteiger partial charge >= 0.3 is 6.03 Å². The molecular formula is C16H21N5O2. The molecule has 1 aromatic carbocycles. The summed E-state index contributed by atoms with van der Waals surface area (Å²) in [6.45, 7) is 0.667. The number of nitrogens with zero attached hydrogens (tertiary/aromatic N) is 3. The molecule has 122 valence electrons. The van der Waals surface area contributed by atoms with Crippen molar-refractivity contribution in [3.63, 3.8) is 0 Å². The third kappa shape index (κ3) is 5.23. The number of aromatic nitrogens is 2. The van der Waals surface area contributed by atoms with Crippen LogP contribution in [-0.4, -0.2) is 48.9 Å². The summed E-state index contributed by atoms with van der Waals surface area (Å²) in [7, 11) is 5.54. The minimum atomic E-state index is -0.326. The average Bonchev–Trinajstić information content (AvgIpc) is 2.55. The highest BCUT2D eigenvalue weighted by Crippen LogP contribution is 2.18. The number of benzene rings is 1. The Bertz CT molecular complexity index is 616. The summed E-state index contributed by atoms with van der Waals surface area (Å²) in [6.07, 6.45) is 1.55. The van der Waals surface area contributed by atoms with Crippen LogP contribution in [0, 0.1) is 0 Å². The second-order valence-electron chi connectivity index (χ2n) is 5.30. The van der Waals surface area contributed by atoms with E-state index in [1.807, 2.05) is 43.3 Å². The number of nitrogens with one attached hydrogen (secondary N) is 2. The molecular weight excluding hydrogens is 294 g/mol. The van der Waals surface area contributed by atoms with Gasteiger partial charge in [-0.3, -0.25) is 5.32 Å². The summed E-state index contributed by atoms with van der Waals surface area (Å²) >= 11 is 0. The first-order valence-electron chi connectivity index (χ1n) is 7.22. The molecule has 0 radical (unpaired) electrons. The summed E-state index contributed by atoms with van der Waals surface area (Å²) in [6, 6.07) is 10.5. The Hall–Kier alpha value is -2.67. The number of rotatable bonds is 6. The Morgan fingerprint density at radius 3 is 2.57 bits per heavy atom. The third-order valence-corrected chi connectivity index (χ3v) is 3.19. The van der Waals surface area contributed by atoms with E-state index < -0.39 is 0 Å². The smallest absolute Gasteiger partial charge is 0.320 e. The van der Waals surface area contributed by atoms with Crippen LogP contribution in [0.15, 0.2) is 42.6 Å². The molecule has 7 heteroatoms. The Balaban J connectivity index is 2.06. The molecule has 0 spiro atoms. The fourth-order valence-electron chi connectivity index (χ4n) is 2.11. The number of hydrogen-bond donors (Lipinski definition) is 2. The van der Waals surface area contributed by atoms with Gasteiger partial charge in [-0.1, -0.05) is 12.1 Å². The summed E-state index contributed by atoms with van der Waals surface area (Å²) < 4.78 is 5.16. The molecule has 1 atom stereocenters. The van der Waals surface area contributed by atoms with E-state index in [0.29, 0.717) is 12.4 Å². The second-order valence-corrected chi connectivity index (χ2v) is 5.30. The number of urea groups is 1. The molecule has 7 nitrogen and oxygen atoms in total. The predicted molar refractivity (Wildman–Crippen MR) is 88.5 cm³/mol. The average molecular weight is 315 g/mol. The van der Waals surface area contributed by atoms with Crippen molar-refractivity contribution in [1.29, 1.82) is 0 Å². The number of carbonyl (C=O) groups excluding carboxylic acids is 1. The van der Waals surface area contributed by atoms with Crippen molar-refractivity contribution in [3.05, 3.63) is 48.2 Å². The van der Waals surface area contributed by atoms with Crippen molar-refractivity contribution in [3.8, 4) is 5.75 Å². The van der Waals surface area contributed by atoms with Crippen molar-refractivity contribution in [2.24, 2.45) is 0 Å². The summed E-state index contributed by atoms with van der Waals surface area (Å²) in [5, 5.41) is 13.2. The van der Waals surface area contributed by atoms with Gasteiger partial charge in [0, 0.05) is 12.7 Å². The lowest BCUT2D eigenvalue weighted by atomic mass is 10.1. The highest BCUT2D eigenvalue weighted by atomic mass is 16.5. The molecule has 23 heavy (non-hydrogen) atoms. The van der Waals surface area contributed by atoms with Gasteiger partial charge in [0.2, 0.25) is 0 Å². The van der Waals surface area contributed by atoms with Crippen LogP contribution in [0.4, 0.5) is 10.6 Å². The van der Waals surface area contributed by atoms with Crippen LogP contribution in [0.1, 0.15) is 11.6 Å². The Morgan fingerprint density at radius 2 is 2.00 bits per heavy atom. The van der Waals surface area contributed by atoms with Crippen LogP contribution >= 0.6 is 0 Å². The van der Waals surface area contributed by atoms with Gasteiger partial charge in [-0.2, -0.15) is 5.10 Å². The SMILES string of the molecule is COc1ccc([C@H](CN(C)C)NC(=O)Nc2cccnn2)cc1. The van der Waals surface area contributed by atoms with Crippen LogP contribution in [0.3, 0.4) is 0 Å². The Morgan fingerprint density at radius 1 is 1.26 bits per heavy atom. The zero-order valence-corrected chi connectivity index (χ0v) is 13.5. The number of ether oxygens (including phenoxy) is 1. The molecule has 0 aliphatic carbocycles. The highest BCUT2D eigenvalue weighted by Gasteiger charge is 2.16. The quantitative estimate of drug-likeness (QED) is 0.851. The molecule has 0 bridgehead atoms. The Labute approximate surface area is 135 Å². The molecule has 1 heterocycles. The summed E-state index contributed by atoms with van der Waals surface area (Å²) in [5.41, 5.74) is 0.994. The van der Waals surface area contributed by atoms with Gasteiger partial charge in [-0.25, -0.2) is 4.79 Å². The monoisotopic (exact) mass is 315 g/mol. The standard InChI is InChI=1S/C16H21N5O2/c1-21(2)11-14(12-6-8-13(23-3)9-7-12)18-16(22)19-15-5-4-10-17-20-15/h4-10,14H,11H2,1-3H3,(H2,18,19,20,22)/t14-/m0/s1. The number of likely N-dealkylation sites (N-methyl/N-ethyl adjacent to an activating group) is 1. The van der Waals surface area contributed by atoms with E-state index in [1.165, 1.54) is 0 Å². The maximum absolute atomic E-state index is 12.2. The van der Waals surface area contributed by atoms with Gasteiger partial charge in [0.25, 0.3) is 0 Å². The lowest BCUT2D eigenvalue weighted by Gasteiger charge is -2.23. The number of hydrogen-bond acceptors (Lipinski definition) is 5. The van der Waals surface area contributed by atoms with Crippen molar-refractivity contribution < 1.29 is 9.53 Å². The molecule has 0 fully saturated rings. The molecule has 0 aliphatic rings. The molecule has 0 unspecified atom stereocenters. The van der Waals surface area contributed by atoms with Crippen molar-refractivity contribution in [2.75, 3.05) is 33.1 Å². The zero-order chi connectivity index (χ0) is 16.7. The summed E-state index contributed by atoms with van der Waals surface area (Å²) in [4.78, 5) is 14.2. The van der Waals surface area contributed by atoms with Gasteiger partial charge < -0.3 is 15.0 Å². The topological polar surface area (TPSA) is 79.4 Å². The van der Waals surface area contributed by atoms with E-state index in [2.05, 4.69) is 20.8 Å². The first-order chi connectivity index (χ1) is 11.1. The highest BCUT2D eigenvalue weighted by molar-refractivity contribution is 5.88. The molecule has 2 rings (SSSR count). The molecule has 0 aliphatic heterocycles.